The minimum Gasteiger partial charge on any atom is -0.462 e. The molecule has 0 aromatic rings. The summed E-state index contributed by atoms with van der Waals surface area (Å²) in [5, 5.41) is 9.64. The van der Waals surface area contributed by atoms with Crippen molar-refractivity contribution in [2.45, 2.75) is 82.8 Å². The molecule has 4 nitrogen and oxygen atoms in total. The second-order valence-electron chi connectivity index (χ2n) is 5.78. The molecule has 0 bridgehead atoms. The van der Waals surface area contributed by atoms with E-state index in [9.17, 15) is 9.90 Å². The second kappa shape index (κ2) is 11.1. The number of aliphatic hydroxyl groups is 1. The zero-order valence-corrected chi connectivity index (χ0v) is 12.8. The van der Waals surface area contributed by atoms with Gasteiger partial charge in [-0.15, -0.1) is 0 Å². The van der Waals surface area contributed by atoms with Crippen molar-refractivity contribution in [2.24, 2.45) is 0 Å². The van der Waals surface area contributed by atoms with Gasteiger partial charge < -0.3 is 14.6 Å². The Morgan fingerprint density at radius 2 is 1.85 bits per heavy atom. The van der Waals surface area contributed by atoms with E-state index in [0.29, 0.717) is 19.4 Å². The summed E-state index contributed by atoms with van der Waals surface area (Å²) in [5.41, 5.74) is 0. The number of carbonyl (C=O) groups is 1. The van der Waals surface area contributed by atoms with Crippen molar-refractivity contribution in [1.82, 2.24) is 0 Å². The van der Waals surface area contributed by atoms with E-state index in [1.807, 2.05) is 0 Å². The largest absolute Gasteiger partial charge is 0.462 e. The van der Waals surface area contributed by atoms with Gasteiger partial charge in [0.2, 0.25) is 0 Å². The summed E-state index contributed by atoms with van der Waals surface area (Å²) in [6.45, 7) is 0.588. The normalized spacial score (nSPS) is 18.5. The number of esters is 1. The van der Waals surface area contributed by atoms with Gasteiger partial charge in [-0.2, -0.15) is 0 Å². The maximum absolute atomic E-state index is 11.7. The summed E-state index contributed by atoms with van der Waals surface area (Å²) in [5.74, 6) is -0.0664. The van der Waals surface area contributed by atoms with Gasteiger partial charge >= 0.3 is 5.97 Å². The quantitative estimate of drug-likeness (QED) is 0.402. The Bertz CT molecular complexity index is 247. The van der Waals surface area contributed by atoms with Gasteiger partial charge in [-0.1, -0.05) is 19.3 Å². The van der Waals surface area contributed by atoms with Crippen LogP contribution in [0.4, 0.5) is 0 Å². The molecule has 1 aliphatic carbocycles. The van der Waals surface area contributed by atoms with E-state index in [4.69, 9.17) is 9.47 Å². The van der Waals surface area contributed by atoms with Crippen LogP contribution in [0.2, 0.25) is 0 Å². The van der Waals surface area contributed by atoms with Crippen molar-refractivity contribution >= 4 is 5.97 Å². The van der Waals surface area contributed by atoms with Crippen molar-refractivity contribution in [3.05, 3.63) is 0 Å². The van der Waals surface area contributed by atoms with E-state index >= 15 is 0 Å². The summed E-state index contributed by atoms with van der Waals surface area (Å²) in [7, 11) is 1.64. The number of unbranched alkanes of at least 4 members (excludes halogenated alkanes) is 1. The van der Waals surface area contributed by atoms with Crippen molar-refractivity contribution in [3.8, 4) is 0 Å². The first-order valence-electron chi connectivity index (χ1n) is 8.09. The Labute approximate surface area is 122 Å². The van der Waals surface area contributed by atoms with E-state index in [1.165, 1.54) is 25.7 Å². The molecule has 0 saturated heterocycles. The molecule has 4 heteroatoms. The van der Waals surface area contributed by atoms with E-state index in [2.05, 4.69) is 0 Å². The molecule has 0 radical (unpaired) electrons. The smallest absolute Gasteiger partial charge is 0.306 e. The van der Waals surface area contributed by atoms with Gasteiger partial charge in [-0.25, -0.2) is 0 Å². The number of ether oxygens (including phenoxy) is 2. The maximum atomic E-state index is 11.7. The van der Waals surface area contributed by atoms with Crippen LogP contribution in [0.3, 0.4) is 0 Å². The molecule has 0 heterocycles. The lowest BCUT2D eigenvalue weighted by molar-refractivity contribution is -0.149. The molecule has 1 rings (SSSR count). The average Bonchev–Trinajstić information content (AvgIpc) is 2.70. The Hall–Kier alpha value is -0.610. The zero-order valence-electron chi connectivity index (χ0n) is 12.8. The van der Waals surface area contributed by atoms with Gasteiger partial charge in [0.1, 0.15) is 6.10 Å². The fourth-order valence-electron chi connectivity index (χ4n) is 2.65. The highest BCUT2D eigenvalue weighted by Crippen LogP contribution is 2.20. The van der Waals surface area contributed by atoms with E-state index in [-0.39, 0.29) is 18.2 Å². The summed E-state index contributed by atoms with van der Waals surface area (Å²) in [6.07, 6.45) is 10.4. The Morgan fingerprint density at radius 1 is 1.15 bits per heavy atom. The highest BCUT2D eigenvalue weighted by atomic mass is 16.5. The van der Waals surface area contributed by atoms with Gasteiger partial charge in [-0.05, 0) is 44.9 Å². The van der Waals surface area contributed by atoms with Crippen LogP contribution in [0, 0.1) is 0 Å². The first kappa shape index (κ1) is 17.4. The fourth-order valence-corrected chi connectivity index (χ4v) is 2.65. The number of hydrogen-bond acceptors (Lipinski definition) is 4. The van der Waals surface area contributed by atoms with E-state index in [1.54, 1.807) is 7.11 Å². The van der Waals surface area contributed by atoms with Crippen LogP contribution in [-0.4, -0.2) is 37.0 Å². The predicted molar refractivity (Wildman–Crippen MR) is 78.5 cm³/mol. The molecule has 0 amide bonds. The van der Waals surface area contributed by atoms with Crippen LogP contribution in [0.1, 0.15) is 70.6 Å². The molecular formula is C16H30O4. The number of carbonyl (C=O) groups excluding carboxylic acids is 1. The van der Waals surface area contributed by atoms with Gasteiger partial charge in [0.15, 0.2) is 0 Å². The minimum atomic E-state index is -0.312. The Kier molecular flexibility index (Phi) is 9.67. The van der Waals surface area contributed by atoms with Crippen molar-refractivity contribution < 1.29 is 19.4 Å². The third-order valence-electron chi connectivity index (χ3n) is 3.92. The maximum Gasteiger partial charge on any atom is 0.306 e. The highest BCUT2D eigenvalue weighted by Gasteiger charge is 2.16. The Balaban J connectivity index is 2.01. The standard InChI is InChI=1S/C16H30O4/c1-19-13-12-14(17)8-6-7-11-16(18)20-15-9-4-2-3-5-10-15/h14-15,17H,2-13H2,1H3/t14-/m0/s1. The van der Waals surface area contributed by atoms with Crippen LogP contribution in [0.15, 0.2) is 0 Å². The summed E-state index contributed by atoms with van der Waals surface area (Å²) in [6, 6.07) is 0. The van der Waals surface area contributed by atoms with Crippen LogP contribution in [0.25, 0.3) is 0 Å². The lowest BCUT2D eigenvalue weighted by Gasteiger charge is -2.15. The average molecular weight is 286 g/mol. The van der Waals surface area contributed by atoms with Crippen LogP contribution < -0.4 is 0 Å². The number of methoxy groups -OCH3 is 1. The summed E-state index contributed by atoms with van der Waals surface area (Å²) in [4.78, 5) is 11.7. The molecule has 0 aliphatic heterocycles. The van der Waals surface area contributed by atoms with E-state index in [0.717, 1.165) is 32.1 Å². The van der Waals surface area contributed by atoms with Gasteiger partial charge in [-0.3, -0.25) is 4.79 Å². The zero-order chi connectivity index (χ0) is 14.6. The third kappa shape index (κ3) is 8.54. The number of hydrogen-bond donors (Lipinski definition) is 1. The highest BCUT2D eigenvalue weighted by molar-refractivity contribution is 5.69. The van der Waals surface area contributed by atoms with Gasteiger partial charge in [0.05, 0.1) is 6.10 Å². The molecular weight excluding hydrogens is 256 g/mol. The summed E-state index contributed by atoms with van der Waals surface area (Å²) >= 11 is 0. The second-order valence-corrected chi connectivity index (χ2v) is 5.78. The molecule has 1 N–H and O–H groups in total. The predicted octanol–water partition coefficient (Wildman–Crippen LogP) is 3.21. The van der Waals surface area contributed by atoms with Crippen LogP contribution >= 0.6 is 0 Å². The Morgan fingerprint density at radius 3 is 2.50 bits per heavy atom. The summed E-state index contributed by atoms with van der Waals surface area (Å²) < 4.78 is 10.4. The molecule has 0 unspecified atom stereocenters. The van der Waals surface area contributed by atoms with Crippen molar-refractivity contribution in [3.63, 3.8) is 0 Å². The van der Waals surface area contributed by atoms with Gasteiger partial charge in [0.25, 0.3) is 0 Å². The molecule has 0 spiro atoms. The monoisotopic (exact) mass is 286 g/mol. The first-order chi connectivity index (χ1) is 9.72. The third-order valence-corrected chi connectivity index (χ3v) is 3.92. The molecule has 1 fully saturated rings. The molecule has 1 atom stereocenters. The minimum absolute atomic E-state index is 0.0664. The first-order valence-corrected chi connectivity index (χ1v) is 8.09. The number of rotatable bonds is 9. The van der Waals surface area contributed by atoms with Crippen molar-refractivity contribution in [1.29, 1.82) is 0 Å². The van der Waals surface area contributed by atoms with Crippen LogP contribution in [-0.2, 0) is 14.3 Å². The lowest BCUT2D eigenvalue weighted by atomic mass is 10.1. The molecule has 118 valence electrons. The SMILES string of the molecule is COCC[C@@H](O)CCCCC(=O)OC1CCCCCC1. The topological polar surface area (TPSA) is 55.8 Å². The fraction of sp³-hybridized carbons (Fsp3) is 0.938. The van der Waals surface area contributed by atoms with E-state index < -0.39 is 0 Å². The lowest BCUT2D eigenvalue weighted by Crippen LogP contribution is -2.17. The number of aliphatic hydroxyl groups excluding tert-OH is 1. The molecule has 1 aliphatic rings. The van der Waals surface area contributed by atoms with Gasteiger partial charge in [0, 0.05) is 20.1 Å². The molecule has 0 aromatic carbocycles. The molecule has 0 aromatic heterocycles. The van der Waals surface area contributed by atoms with Crippen molar-refractivity contribution in [2.75, 3.05) is 13.7 Å². The molecule has 20 heavy (non-hydrogen) atoms. The molecule has 1 saturated carbocycles. The van der Waals surface area contributed by atoms with Crippen LogP contribution in [0.5, 0.6) is 0 Å².